The van der Waals surface area contributed by atoms with Crippen LogP contribution in [0, 0.1) is 0 Å². The van der Waals surface area contributed by atoms with E-state index in [9.17, 15) is 0 Å². The maximum atomic E-state index is 6.81. The fourth-order valence-electron chi connectivity index (χ4n) is 3.49. The Balaban J connectivity index is 1.71. The van der Waals surface area contributed by atoms with Crippen LogP contribution in [0.5, 0.6) is 23.0 Å². The van der Waals surface area contributed by atoms with Crippen molar-refractivity contribution < 1.29 is 36.2 Å². The number of hydrogen-bond donors (Lipinski definition) is 0. The fraction of sp³-hybridized carbons (Fsp3) is 0.0833. The van der Waals surface area contributed by atoms with Crippen molar-refractivity contribution in [1.29, 1.82) is 0 Å². The number of ether oxygens (including phenoxy) is 2. The molecule has 4 rings (SSSR count). The molecule has 7 heteroatoms. The Kier molecular flexibility index (Phi) is 7.28. The topological polar surface area (TPSA) is 36.9 Å². The summed E-state index contributed by atoms with van der Waals surface area (Å²) < 4.78 is 26.6. The van der Waals surface area contributed by atoms with Crippen LogP contribution in [0.15, 0.2) is 91.5 Å². The van der Waals surface area contributed by atoms with E-state index in [1.165, 1.54) is 17.7 Å². The summed E-state index contributed by atoms with van der Waals surface area (Å²) in [4.78, 5) is 0. The molecule has 2 aliphatic carbocycles. The molecule has 31 heavy (non-hydrogen) atoms. The molecular formula is C24H20O4S2Zr. The summed E-state index contributed by atoms with van der Waals surface area (Å²) in [7, 11) is 0. The second-order valence-corrected chi connectivity index (χ2v) is 14.4. The molecule has 0 unspecified atom stereocenters. The standard InChI is InChI=1S/2C7H6O2S.2C5H5.Zr/c2*8-6-1-3-7(4-2-6)9-5-10;2*1-2-4-5-3-1;/h2*1-5,8H;2*1-3H,4H2;/q;;;;+2/p-2. The van der Waals surface area contributed by atoms with Gasteiger partial charge >= 0.3 is 199 Å². The van der Waals surface area contributed by atoms with Gasteiger partial charge in [-0.2, -0.15) is 0 Å². The van der Waals surface area contributed by atoms with Gasteiger partial charge in [0.15, 0.2) is 0 Å². The molecule has 0 saturated heterocycles. The number of hydrogen-bond acceptors (Lipinski definition) is 6. The third-order valence-corrected chi connectivity index (χ3v) is 13.7. The first-order chi connectivity index (χ1) is 15.2. The van der Waals surface area contributed by atoms with Gasteiger partial charge in [0.25, 0.3) is 0 Å². The second kappa shape index (κ2) is 10.3. The normalized spacial score (nSPS) is 14.6. The van der Waals surface area contributed by atoms with Gasteiger partial charge in [-0.25, -0.2) is 0 Å². The van der Waals surface area contributed by atoms with E-state index in [0.29, 0.717) is 11.5 Å². The van der Waals surface area contributed by atoms with E-state index in [2.05, 4.69) is 36.5 Å². The number of thiocarbonyl (C=S) groups is 2. The Bertz CT molecular complexity index is 982. The number of benzene rings is 2. The molecule has 2 aromatic rings. The van der Waals surface area contributed by atoms with E-state index < -0.39 is 21.1 Å². The molecule has 0 aromatic heterocycles. The summed E-state index contributed by atoms with van der Waals surface area (Å²) in [6.45, 7) is 0. The summed E-state index contributed by atoms with van der Waals surface area (Å²) in [6.07, 6.45) is 14.4. The Morgan fingerprint density at radius 2 is 1.00 bits per heavy atom. The SMILES string of the molecule is S=COc1ccc([O][Zr]([O]c2ccc(OC=S)cc2)([C]2=CC=CC2)[C]2=CC=CC2)cc1. The van der Waals surface area contributed by atoms with Crippen LogP contribution in [-0.2, 0) is 21.1 Å². The van der Waals surface area contributed by atoms with Crippen molar-refractivity contribution >= 4 is 35.5 Å². The van der Waals surface area contributed by atoms with Crippen LogP contribution in [0.3, 0.4) is 0 Å². The van der Waals surface area contributed by atoms with Gasteiger partial charge in [0.2, 0.25) is 0 Å². The van der Waals surface area contributed by atoms with Crippen LogP contribution < -0.4 is 15.1 Å². The molecule has 0 aliphatic heterocycles. The zero-order valence-electron chi connectivity index (χ0n) is 16.6. The average molecular weight is 528 g/mol. The Labute approximate surface area is 198 Å². The zero-order chi connectivity index (χ0) is 21.5. The molecule has 0 saturated carbocycles. The summed E-state index contributed by atoms with van der Waals surface area (Å²) in [5.74, 6) is 2.82. The number of rotatable bonds is 10. The molecule has 2 aromatic carbocycles. The summed E-state index contributed by atoms with van der Waals surface area (Å²) in [6, 6.07) is 14.9. The Morgan fingerprint density at radius 1 is 0.613 bits per heavy atom. The van der Waals surface area contributed by atoms with Gasteiger partial charge < -0.3 is 0 Å². The summed E-state index contributed by atoms with van der Waals surface area (Å²) in [5, 5.41) is 0. The van der Waals surface area contributed by atoms with Crippen LogP contribution in [0.25, 0.3) is 0 Å². The molecule has 156 valence electrons. The van der Waals surface area contributed by atoms with Crippen molar-refractivity contribution in [2.24, 2.45) is 0 Å². The molecule has 0 heterocycles. The molecule has 0 radical (unpaired) electrons. The van der Waals surface area contributed by atoms with Gasteiger partial charge in [0.05, 0.1) is 0 Å². The van der Waals surface area contributed by atoms with Crippen LogP contribution in [0.4, 0.5) is 0 Å². The van der Waals surface area contributed by atoms with Crippen LogP contribution >= 0.6 is 24.4 Å². The zero-order valence-corrected chi connectivity index (χ0v) is 20.7. The van der Waals surface area contributed by atoms with Gasteiger partial charge in [-0.3, -0.25) is 0 Å². The second-order valence-electron chi connectivity index (χ2n) is 6.84. The van der Waals surface area contributed by atoms with Crippen molar-refractivity contribution in [2.75, 3.05) is 0 Å². The van der Waals surface area contributed by atoms with Crippen LogP contribution in [-0.4, -0.2) is 11.1 Å². The molecule has 0 atom stereocenters. The van der Waals surface area contributed by atoms with Crippen molar-refractivity contribution in [1.82, 2.24) is 0 Å². The third-order valence-electron chi connectivity index (χ3n) is 4.93. The van der Waals surface area contributed by atoms with Gasteiger partial charge in [-0.1, -0.05) is 0 Å². The minimum atomic E-state index is -4.01. The van der Waals surface area contributed by atoms with Crippen molar-refractivity contribution in [3.63, 3.8) is 0 Å². The van der Waals surface area contributed by atoms with Gasteiger partial charge in [0, 0.05) is 0 Å². The number of allylic oxidation sites excluding steroid dienone is 8. The van der Waals surface area contributed by atoms with Crippen LogP contribution in [0.1, 0.15) is 12.8 Å². The minimum absolute atomic E-state index is 0.668. The van der Waals surface area contributed by atoms with E-state index in [1.54, 1.807) is 0 Å². The van der Waals surface area contributed by atoms with E-state index in [4.69, 9.17) is 39.5 Å². The Hall–Kier alpha value is -2.34. The van der Waals surface area contributed by atoms with E-state index in [0.717, 1.165) is 24.3 Å². The molecular weight excluding hydrogens is 508 g/mol. The molecule has 0 N–H and O–H groups in total. The molecule has 0 spiro atoms. The van der Waals surface area contributed by atoms with E-state index >= 15 is 0 Å². The first kappa shape index (κ1) is 21.9. The molecule has 0 amide bonds. The molecule has 0 bridgehead atoms. The predicted octanol–water partition coefficient (Wildman–Crippen LogP) is 6.49. The monoisotopic (exact) mass is 526 g/mol. The van der Waals surface area contributed by atoms with Gasteiger partial charge in [-0.15, -0.1) is 0 Å². The first-order valence-electron chi connectivity index (χ1n) is 9.74. The summed E-state index contributed by atoms with van der Waals surface area (Å²) in [5.41, 5.74) is 2.48. The Morgan fingerprint density at radius 3 is 1.32 bits per heavy atom. The molecule has 0 fully saturated rings. The van der Waals surface area contributed by atoms with Gasteiger partial charge in [-0.05, 0) is 0 Å². The molecule has 4 nitrogen and oxygen atoms in total. The quantitative estimate of drug-likeness (QED) is 0.329. The first-order valence-corrected chi connectivity index (χ1v) is 15.2. The van der Waals surface area contributed by atoms with Crippen LogP contribution in [0.2, 0.25) is 0 Å². The average Bonchev–Trinajstić information content (AvgIpc) is 3.51. The third kappa shape index (κ3) is 5.12. The fourth-order valence-corrected chi connectivity index (χ4v) is 11.9. The van der Waals surface area contributed by atoms with E-state index in [-0.39, 0.29) is 0 Å². The van der Waals surface area contributed by atoms with Crippen molar-refractivity contribution in [2.45, 2.75) is 12.8 Å². The van der Waals surface area contributed by atoms with Gasteiger partial charge in [0.1, 0.15) is 0 Å². The van der Waals surface area contributed by atoms with Crippen molar-refractivity contribution in [3.8, 4) is 23.0 Å². The maximum absolute atomic E-state index is 6.81. The predicted molar refractivity (Wildman–Crippen MR) is 126 cm³/mol. The summed E-state index contributed by atoms with van der Waals surface area (Å²) >= 11 is 5.52. The van der Waals surface area contributed by atoms with E-state index in [1.807, 2.05) is 48.5 Å². The van der Waals surface area contributed by atoms with Crippen molar-refractivity contribution in [3.05, 3.63) is 91.5 Å². The molecule has 2 aliphatic rings.